The van der Waals surface area contributed by atoms with Gasteiger partial charge in [0.15, 0.2) is 0 Å². The van der Waals surface area contributed by atoms with Gasteiger partial charge in [0.25, 0.3) is 5.91 Å². The highest BCUT2D eigenvalue weighted by Gasteiger charge is 2.23. The molecule has 4 aromatic rings. The van der Waals surface area contributed by atoms with Crippen LogP contribution in [0.1, 0.15) is 40.5 Å². The van der Waals surface area contributed by atoms with Crippen LogP contribution >= 0.6 is 11.6 Å². The number of anilines is 1. The number of nitrogens with zero attached hydrogens (tertiary/aromatic N) is 3. The standard InChI is InChI=1S/C26H26ClN5O3S/c1-15-23(16(2)35-32-15)18-6-7-22-21(13-18)24(28-14-17-4-3-5-19(27)12-17)31-25(30-22)26(33)29-20-8-10-36(34)11-9-20/h3-7,12-13,20H,8-11,14H2,1-2H3,(H,29,33)(H,28,30,31). The molecule has 0 aliphatic carbocycles. The number of hydrogen-bond donors (Lipinski definition) is 2. The fraction of sp³-hybridized carbons (Fsp3) is 0.308. The molecular formula is C26H26ClN5O3S. The number of nitrogens with one attached hydrogen (secondary N) is 2. The second kappa shape index (κ2) is 10.4. The van der Waals surface area contributed by atoms with Crippen molar-refractivity contribution < 1.29 is 13.5 Å². The molecule has 2 N–H and O–H groups in total. The summed E-state index contributed by atoms with van der Waals surface area (Å²) in [4.78, 5) is 22.3. The van der Waals surface area contributed by atoms with Crippen LogP contribution in [0.3, 0.4) is 0 Å². The average Bonchev–Trinajstić information content (AvgIpc) is 3.21. The molecule has 0 saturated carbocycles. The van der Waals surface area contributed by atoms with Gasteiger partial charge in [-0.15, -0.1) is 0 Å². The van der Waals surface area contributed by atoms with Crippen LogP contribution in [0, 0.1) is 13.8 Å². The van der Waals surface area contributed by atoms with Crippen LogP contribution in [0.5, 0.6) is 0 Å². The molecule has 1 amide bonds. The molecule has 1 aliphatic heterocycles. The molecule has 8 nitrogen and oxygen atoms in total. The lowest BCUT2D eigenvalue weighted by Crippen LogP contribution is -2.40. The lowest BCUT2D eigenvalue weighted by molar-refractivity contribution is 0.0924. The van der Waals surface area contributed by atoms with E-state index in [1.807, 2.05) is 56.3 Å². The maximum absolute atomic E-state index is 13.1. The van der Waals surface area contributed by atoms with Crippen molar-refractivity contribution in [3.63, 3.8) is 0 Å². The molecule has 1 fully saturated rings. The lowest BCUT2D eigenvalue weighted by Gasteiger charge is -2.22. The van der Waals surface area contributed by atoms with Gasteiger partial charge in [-0.1, -0.05) is 35.0 Å². The summed E-state index contributed by atoms with van der Waals surface area (Å²) in [5, 5.41) is 11.9. The monoisotopic (exact) mass is 523 g/mol. The van der Waals surface area contributed by atoms with E-state index in [0.29, 0.717) is 47.2 Å². The van der Waals surface area contributed by atoms with E-state index in [1.165, 1.54) is 0 Å². The van der Waals surface area contributed by atoms with Gasteiger partial charge in [0.05, 0.1) is 11.2 Å². The molecule has 186 valence electrons. The number of rotatable bonds is 6. The van der Waals surface area contributed by atoms with Gasteiger partial charge in [-0.05, 0) is 62.1 Å². The summed E-state index contributed by atoms with van der Waals surface area (Å²) in [6, 6.07) is 13.4. The highest BCUT2D eigenvalue weighted by Crippen LogP contribution is 2.31. The summed E-state index contributed by atoms with van der Waals surface area (Å²) in [7, 11) is -0.797. The fourth-order valence-electron chi connectivity index (χ4n) is 4.44. The molecule has 10 heteroatoms. The first-order chi connectivity index (χ1) is 17.4. The summed E-state index contributed by atoms with van der Waals surface area (Å²) < 4.78 is 17.0. The van der Waals surface area contributed by atoms with Crippen molar-refractivity contribution in [2.24, 2.45) is 0 Å². The number of hydrogen-bond acceptors (Lipinski definition) is 7. The predicted molar refractivity (Wildman–Crippen MR) is 142 cm³/mol. The van der Waals surface area contributed by atoms with Crippen LogP contribution in [-0.2, 0) is 17.3 Å². The molecule has 1 saturated heterocycles. The average molecular weight is 524 g/mol. The van der Waals surface area contributed by atoms with Gasteiger partial charge in [-0.3, -0.25) is 9.00 Å². The zero-order valence-electron chi connectivity index (χ0n) is 20.0. The van der Waals surface area contributed by atoms with Gasteiger partial charge < -0.3 is 15.2 Å². The fourth-order valence-corrected chi connectivity index (χ4v) is 5.95. The number of aryl methyl sites for hydroxylation is 2. The van der Waals surface area contributed by atoms with Crippen molar-refractivity contribution in [3.05, 3.63) is 70.3 Å². The Morgan fingerprint density at radius 3 is 2.67 bits per heavy atom. The van der Waals surface area contributed by atoms with Crippen LogP contribution in [-0.4, -0.2) is 42.8 Å². The summed E-state index contributed by atoms with van der Waals surface area (Å²) in [5.74, 6) is 2.22. The van der Waals surface area contributed by atoms with Crippen LogP contribution < -0.4 is 10.6 Å². The minimum absolute atomic E-state index is 0.0284. The smallest absolute Gasteiger partial charge is 0.289 e. The minimum Gasteiger partial charge on any atom is -0.365 e. The number of carbonyl (C=O) groups excluding carboxylic acids is 1. The zero-order chi connectivity index (χ0) is 25.2. The summed E-state index contributed by atoms with van der Waals surface area (Å²) in [6.07, 6.45) is 1.37. The van der Waals surface area contributed by atoms with E-state index >= 15 is 0 Å². The van der Waals surface area contributed by atoms with Gasteiger partial charge in [-0.2, -0.15) is 0 Å². The third-order valence-corrected chi connectivity index (χ3v) is 7.91. The van der Waals surface area contributed by atoms with Crippen molar-refractivity contribution in [1.29, 1.82) is 0 Å². The quantitative estimate of drug-likeness (QED) is 0.373. The molecule has 0 bridgehead atoms. The van der Waals surface area contributed by atoms with Crippen LogP contribution in [0.25, 0.3) is 22.0 Å². The van der Waals surface area contributed by atoms with E-state index in [0.717, 1.165) is 33.5 Å². The minimum atomic E-state index is -0.797. The molecule has 0 spiro atoms. The lowest BCUT2D eigenvalue weighted by atomic mass is 10.0. The Bertz CT molecular complexity index is 1440. The van der Waals surface area contributed by atoms with Crippen molar-refractivity contribution in [2.75, 3.05) is 16.8 Å². The summed E-state index contributed by atoms with van der Waals surface area (Å²) >= 11 is 6.16. The molecule has 0 atom stereocenters. The van der Waals surface area contributed by atoms with Gasteiger partial charge in [0.1, 0.15) is 11.6 Å². The second-order valence-electron chi connectivity index (χ2n) is 8.91. The SMILES string of the molecule is Cc1noc(C)c1-c1ccc2nc(C(=O)NC3CCS(=O)CC3)nc(NCc3cccc(Cl)c3)c2c1. The number of fused-ring (bicyclic) bond motifs is 1. The summed E-state index contributed by atoms with van der Waals surface area (Å²) in [6.45, 7) is 4.25. The van der Waals surface area contributed by atoms with E-state index in [2.05, 4.69) is 25.8 Å². The van der Waals surface area contributed by atoms with Crippen LogP contribution in [0.4, 0.5) is 5.82 Å². The van der Waals surface area contributed by atoms with Crippen molar-refractivity contribution in [2.45, 2.75) is 39.3 Å². The van der Waals surface area contributed by atoms with E-state index in [4.69, 9.17) is 16.1 Å². The Kier molecular flexibility index (Phi) is 7.02. The first-order valence-electron chi connectivity index (χ1n) is 11.8. The van der Waals surface area contributed by atoms with E-state index in [1.54, 1.807) is 0 Å². The molecule has 0 unspecified atom stereocenters. The van der Waals surface area contributed by atoms with E-state index < -0.39 is 10.8 Å². The molecule has 3 heterocycles. The Morgan fingerprint density at radius 2 is 1.94 bits per heavy atom. The molecule has 1 aliphatic rings. The van der Waals surface area contributed by atoms with Crippen molar-refractivity contribution in [1.82, 2.24) is 20.4 Å². The first kappa shape index (κ1) is 24.4. The van der Waals surface area contributed by atoms with E-state index in [9.17, 15) is 9.00 Å². The molecule has 2 aromatic heterocycles. The highest BCUT2D eigenvalue weighted by molar-refractivity contribution is 7.85. The van der Waals surface area contributed by atoms with Crippen molar-refractivity contribution >= 4 is 45.0 Å². The topological polar surface area (TPSA) is 110 Å². The molecule has 5 rings (SSSR count). The molecule has 2 aromatic carbocycles. The van der Waals surface area contributed by atoms with E-state index in [-0.39, 0.29) is 17.8 Å². The normalized spacial score (nSPS) is 17.8. The Hall–Kier alpha value is -3.30. The Morgan fingerprint density at radius 1 is 1.14 bits per heavy atom. The maximum atomic E-state index is 13.1. The predicted octanol–water partition coefficient (Wildman–Crippen LogP) is 4.81. The third kappa shape index (κ3) is 5.27. The molecule has 0 radical (unpaired) electrons. The van der Waals surface area contributed by atoms with Crippen LogP contribution in [0.15, 0.2) is 47.0 Å². The number of benzene rings is 2. The zero-order valence-corrected chi connectivity index (χ0v) is 21.6. The van der Waals surface area contributed by atoms with Gasteiger partial charge in [-0.25, -0.2) is 9.97 Å². The number of aromatic nitrogens is 3. The summed E-state index contributed by atoms with van der Waals surface area (Å²) in [5.41, 5.74) is 4.28. The maximum Gasteiger partial charge on any atom is 0.289 e. The Balaban J connectivity index is 1.51. The van der Waals surface area contributed by atoms with Gasteiger partial charge >= 0.3 is 0 Å². The Labute approximate surface area is 216 Å². The largest absolute Gasteiger partial charge is 0.365 e. The molecular weight excluding hydrogens is 498 g/mol. The third-order valence-electron chi connectivity index (χ3n) is 6.29. The van der Waals surface area contributed by atoms with Gasteiger partial charge in [0, 0.05) is 50.9 Å². The van der Waals surface area contributed by atoms with Crippen molar-refractivity contribution in [3.8, 4) is 11.1 Å². The second-order valence-corrected chi connectivity index (χ2v) is 11.0. The highest BCUT2D eigenvalue weighted by atomic mass is 35.5. The first-order valence-corrected chi connectivity index (χ1v) is 13.6. The molecule has 36 heavy (non-hydrogen) atoms. The van der Waals surface area contributed by atoms with Crippen LogP contribution in [0.2, 0.25) is 5.02 Å². The number of amides is 1. The number of carbonyl (C=O) groups is 1. The number of halogens is 1. The van der Waals surface area contributed by atoms with Gasteiger partial charge in [0.2, 0.25) is 5.82 Å².